The van der Waals surface area contributed by atoms with Gasteiger partial charge in [0.15, 0.2) is 0 Å². The van der Waals surface area contributed by atoms with Crippen LogP contribution in [0.2, 0.25) is 0 Å². The minimum atomic E-state index is -0.479. The Morgan fingerprint density at radius 2 is 2.17 bits per heavy atom. The molecule has 0 saturated carbocycles. The number of benzene rings is 1. The van der Waals surface area contributed by atoms with E-state index in [0.29, 0.717) is 18.8 Å². The molecule has 0 radical (unpaired) electrons. The monoisotopic (exact) mass is 314 g/mol. The van der Waals surface area contributed by atoms with Gasteiger partial charge < -0.3 is 9.26 Å². The van der Waals surface area contributed by atoms with E-state index in [1.807, 2.05) is 30.3 Å². The molecule has 1 amide bonds. The number of carbonyl (C=O) groups is 1. The number of anilines is 1. The van der Waals surface area contributed by atoms with E-state index >= 15 is 0 Å². The van der Waals surface area contributed by atoms with Crippen molar-refractivity contribution in [3.8, 4) is 11.3 Å². The van der Waals surface area contributed by atoms with Crippen LogP contribution in [0.15, 0.2) is 40.9 Å². The Kier molecular flexibility index (Phi) is 4.39. The highest BCUT2D eigenvalue weighted by atomic mass is 16.5. The maximum absolute atomic E-state index is 12.2. The van der Waals surface area contributed by atoms with Gasteiger partial charge in [-0.05, 0) is 10.4 Å². The second-order valence-electron chi connectivity index (χ2n) is 4.61. The van der Waals surface area contributed by atoms with Gasteiger partial charge >= 0.3 is 0 Å². The van der Waals surface area contributed by atoms with Gasteiger partial charge in [0.05, 0.1) is 13.2 Å². The minimum Gasteiger partial charge on any atom is -0.383 e. The molecule has 0 spiro atoms. The minimum absolute atomic E-state index is 0.0742. The number of tetrazole rings is 1. The Morgan fingerprint density at radius 3 is 2.96 bits per heavy atom. The second-order valence-corrected chi connectivity index (χ2v) is 4.61. The van der Waals surface area contributed by atoms with Gasteiger partial charge in [0.1, 0.15) is 5.69 Å². The van der Waals surface area contributed by atoms with Crippen LogP contribution < -0.4 is 5.32 Å². The molecule has 0 bridgehead atoms. The largest absolute Gasteiger partial charge is 0.383 e. The lowest BCUT2D eigenvalue weighted by Gasteiger charge is -2.03. The van der Waals surface area contributed by atoms with Gasteiger partial charge in [-0.2, -0.15) is 0 Å². The number of rotatable bonds is 6. The fourth-order valence-corrected chi connectivity index (χ4v) is 1.91. The van der Waals surface area contributed by atoms with E-state index in [4.69, 9.17) is 9.26 Å². The Morgan fingerprint density at radius 1 is 1.35 bits per heavy atom. The molecular weight excluding hydrogens is 300 g/mol. The summed E-state index contributed by atoms with van der Waals surface area (Å²) >= 11 is 0. The summed E-state index contributed by atoms with van der Waals surface area (Å²) in [5.74, 6) is -0.192. The van der Waals surface area contributed by atoms with Crippen LogP contribution in [0.5, 0.6) is 0 Å². The molecule has 0 saturated heterocycles. The predicted octanol–water partition coefficient (Wildman–Crippen LogP) is 1.23. The van der Waals surface area contributed by atoms with Crippen LogP contribution >= 0.6 is 0 Å². The van der Waals surface area contributed by atoms with Crippen molar-refractivity contribution < 1.29 is 14.1 Å². The summed E-state index contributed by atoms with van der Waals surface area (Å²) in [7, 11) is 1.57. The van der Waals surface area contributed by atoms with Crippen molar-refractivity contribution in [1.82, 2.24) is 25.4 Å². The van der Waals surface area contributed by atoms with Crippen LogP contribution in [-0.2, 0) is 11.3 Å². The molecule has 0 fully saturated rings. The first-order valence-corrected chi connectivity index (χ1v) is 6.86. The number of hydrogen-bond donors (Lipinski definition) is 1. The fraction of sp³-hybridized carbons (Fsp3) is 0.214. The van der Waals surface area contributed by atoms with Crippen molar-refractivity contribution in [2.24, 2.45) is 0 Å². The normalized spacial score (nSPS) is 10.7. The number of amides is 1. The van der Waals surface area contributed by atoms with Crippen molar-refractivity contribution in [3.63, 3.8) is 0 Å². The lowest BCUT2D eigenvalue weighted by Crippen LogP contribution is -2.17. The summed E-state index contributed by atoms with van der Waals surface area (Å²) in [6, 6.07) is 11.0. The molecule has 1 N–H and O–H groups in total. The van der Waals surface area contributed by atoms with Crippen LogP contribution in [-0.4, -0.2) is 45.0 Å². The molecule has 2 aromatic heterocycles. The Labute approximate surface area is 131 Å². The quantitative estimate of drug-likeness (QED) is 0.729. The highest BCUT2D eigenvalue weighted by Crippen LogP contribution is 2.19. The van der Waals surface area contributed by atoms with Gasteiger partial charge in [-0.25, -0.2) is 4.68 Å². The van der Waals surface area contributed by atoms with Crippen molar-refractivity contribution >= 4 is 11.9 Å². The number of nitrogens with zero attached hydrogens (tertiary/aromatic N) is 5. The summed E-state index contributed by atoms with van der Waals surface area (Å²) in [4.78, 5) is 12.2. The first-order chi connectivity index (χ1) is 11.3. The maximum atomic E-state index is 12.2. The van der Waals surface area contributed by atoms with Crippen molar-refractivity contribution in [1.29, 1.82) is 0 Å². The van der Waals surface area contributed by atoms with Crippen LogP contribution in [0.3, 0.4) is 0 Å². The Bertz CT molecular complexity index is 783. The third-order valence-electron chi connectivity index (χ3n) is 3.07. The Balaban J connectivity index is 1.72. The van der Waals surface area contributed by atoms with Gasteiger partial charge in [0.2, 0.25) is 11.7 Å². The summed E-state index contributed by atoms with van der Waals surface area (Å²) in [6.45, 7) is 0.846. The second kappa shape index (κ2) is 6.79. The molecule has 9 heteroatoms. The maximum Gasteiger partial charge on any atom is 0.296 e. The number of hydrogen-bond acceptors (Lipinski definition) is 7. The third-order valence-corrected chi connectivity index (χ3v) is 3.07. The van der Waals surface area contributed by atoms with E-state index in [9.17, 15) is 4.79 Å². The van der Waals surface area contributed by atoms with Gasteiger partial charge in [-0.1, -0.05) is 40.6 Å². The zero-order valence-corrected chi connectivity index (χ0v) is 12.3. The highest BCUT2D eigenvalue weighted by Gasteiger charge is 2.17. The van der Waals surface area contributed by atoms with Crippen LogP contribution in [0.1, 0.15) is 10.6 Å². The van der Waals surface area contributed by atoms with Crippen molar-refractivity contribution in [3.05, 3.63) is 42.2 Å². The first-order valence-electron chi connectivity index (χ1n) is 6.86. The van der Waals surface area contributed by atoms with E-state index in [1.165, 1.54) is 4.68 Å². The molecule has 2 heterocycles. The molecule has 1 aromatic carbocycles. The van der Waals surface area contributed by atoms with Gasteiger partial charge in [-0.15, -0.1) is 0 Å². The molecule has 0 atom stereocenters. The van der Waals surface area contributed by atoms with Crippen LogP contribution in [0.25, 0.3) is 11.3 Å². The molecule has 0 unspecified atom stereocenters. The number of ether oxygens (including phenoxy) is 1. The first kappa shape index (κ1) is 14.9. The number of nitrogens with one attached hydrogen (secondary N) is 1. The lowest BCUT2D eigenvalue weighted by atomic mass is 10.1. The highest BCUT2D eigenvalue weighted by molar-refractivity contribution is 6.01. The van der Waals surface area contributed by atoms with Crippen LogP contribution in [0.4, 0.5) is 5.95 Å². The van der Waals surface area contributed by atoms with Crippen LogP contribution in [0, 0.1) is 0 Å². The number of aromatic nitrogens is 5. The van der Waals surface area contributed by atoms with E-state index in [1.54, 1.807) is 13.2 Å². The molecule has 0 aliphatic rings. The summed E-state index contributed by atoms with van der Waals surface area (Å²) in [5, 5.41) is 17.5. The summed E-state index contributed by atoms with van der Waals surface area (Å²) in [5.41, 5.74) is 1.44. The van der Waals surface area contributed by atoms with E-state index in [2.05, 4.69) is 26.0 Å². The molecule has 9 nitrogen and oxygen atoms in total. The molecule has 0 aliphatic carbocycles. The number of methoxy groups -OCH3 is 1. The zero-order valence-electron chi connectivity index (χ0n) is 12.3. The lowest BCUT2D eigenvalue weighted by molar-refractivity contribution is 0.0986. The molecule has 0 aliphatic heterocycles. The smallest absolute Gasteiger partial charge is 0.296 e. The van der Waals surface area contributed by atoms with Crippen molar-refractivity contribution in [2.45, 2.75) is 6.54 Å². The SMILES string of the molecule is COCCn1nnnc1NC(=O)c1cc(-c2ccccc2)no1. The predicted molar refractivity (Wildman–Crippen MR) is 79.6 cm³/mol. The molecule has 3 rings (SSSR count). The zero-order chi connectivity index (χ0) is 16.1. The average molecular weight is 314 g/mol. The topological polar surface area (TPSA) is 108 Å². The van der Waals surface area contributed by atoms with E-state index < -0.39 is 5.91 Å². The molecule has 3 aromatic rings. The van der Waals surface area contributed by atoms with E-state index in [0.717, 1.165) is 5.56 Å². The summed E-state index contributed by atoms with van der Waals surface area (Å²) in [6.07, 6.45) is 0. The average Bonchev–Trinajstić information content (AvgIpc) is 3.23. The standard InChI is InChI=1S/C14H14N6O3/c1-22-8-7-20-14(16-18-19-20)15-13(21)12-9-11(17-23-12)10-5-3-2-4-6-10/h2-6,9H,7-8H2,1H3,(H,15,16,19,21). The number of carbonyl (C=O) groups excluding carboxylic acids is 1. The van der Waals surface area contributed by atoms with Gasteiger partial charge in [-0.3, -0.25) is 10.1 Å². The van der Waals surface area contributed by atoms with Gasteiger partial charge in [0, 0.05) is 18.7 Å². The fourth-order valence-electron chi connectivity index (χ4n) is 1.91. The molecular formula is C14H14N6O3. The Hall–Kier alpha value is -3.07. The summed E-state index contributed by atoms with van der Waals surface area (Å²) < 4.78 is 11.5. The van der Waals surface area contributed by atoms with Crippen molar-refractivity contribution in [2.75, 3.05) is 19.0 Å². The third kappa shape index (κ3) is 3.40. The van der Waals surface area contributed by atoms with Gasteiger partial charge in [0.25, 0.3) is 5.91 Å². The van der Waals surface area contributed by atoms with E-state index in [-0.39, 0.29) is 11.7 Å². The molecule has 23 heavy (non-hydrogen) atoms. The molecule has 118 valence electrons.